The molecule has 1 aliphatic carbocycles. The minimum absolute atomic E-state index is 0.00223. The lowest BCUT2D eigenvalue weighted by Gasteiger charge is -2.39. The number of carbonyl (C=O) groups excluding carboxylic acids is 2. The average molecular weight is 287 g/mol. The molecular formula is C16H21N3O2. The molecule has 1 saturated heterocycles. The third-order valence-electron chi connectivity index (χ3n) is 4.28. The van der Waals surface area contributed by atoms with Crippen LogP contribution in [0.5, 0.6) is 0 Å². The van der Waals surface area contributed by atoms with Gasteiger partial charge in [0, 0.05) is 18.9 Å². The number of amides is 2. The molecule has 2 amide bonds. The molecule has 5 nitrogen and oxygen atoms in total. The Bertz CT molecular complexity index is 528. The van der Waals surface area contributed by atoms with E-state index < -0.39 is 0 Å². The lowest BCUT2D eigenvalue weighted by atomic mass is 9.99. The molecule has 1 N–H and O–H groups in total. The molecule has 2 aliphatic rings. The molecule has 0 aromatic carbocycles. The van der Waals surface area contributed by atoms with Crippen molar-refractivity contribution in [2.45, 2.75) is 51.2 Å². The Morgan fingerprint density at radius 1 is 1.29 bits per heavy atom. The van der Waals surface area contributed by atoms with Crippen molar-refractivity contribution in [1.82, 2.24) is 15.2 Å². The second-order valence-electron chi connectivity index (χ2n) is 5.95. The molecule has 0 spiro atoms. The summed E-state index contributed by atoms with van der Waals surface area (Å²) >= 11 is 0. The molecule has 5 heteroatoms. The smallest absolute Gasteiger partial charge is 0.246 e. The van der Waals surface area contributed by atoms with E-state index in [4.69, 9.17) is 0 Å². The van der Waals surface area contributed by atoms with Gasteiger partial charge in [-0.05, 0) is 42.9 Å². The van der Waals surface area contributed by atoms with Gasteiger partial charge in [-0.25, -0.2) is 0 Å². The van der Waals surface area contributed by atoms with Gasteiger partial charge in [-0.15, -0.1) is 0 Å². The number of carbonyl (C=O) groups is 2. The van der Waals surface area contributed by atoms with Crippen molar-refractivity contribution in [3.05, 3.63) is 30.1 Å². The first-order valence-electron chi connectivity index (χ1n) is 7.70. The Morgan fingerprint density at radius 2 is 2.00 bits per heavy atom. The Morgan fingerprint density at radius 3 is 2.62 bits per heavy atom. The molecule has 3 rings (SSSR count). The number of nitrogens with one attached hydrogen (secondary N) is 1. The van der Waals surface area contributed by atoms with E-state index in [0.29, 0.717) is 18.9 Å². The number of rotatable bonds is 5. The van der Waals surface area contributed by atoms with E-state index in [1.54, 1.807) is 17.3 Å². The molecule has 112 valence electrons. The summed E-state index contributed by atoms with van der Waals surface area (Å²) in [4.78, 5) is 30.9. The fraction of sp³-hybridized carbons (Fsp3) is 0.562. The van der Waals surface area contributed by atoms with Crippen molar-refractivity contribution >= 4 is 11.8 Å². The Hall–Kier alpha value is -1.91. The maximum absolute atomic E-state index is 12.7. The van der Waals surface area contributed by atoms with Gasteiger partial charge in [0.05, 0.1) is 0 Å². The Balaban J connectivity index is 1.82. The maximum atomic E-state index is 12.7. The van der Waals surface area contributed by atoms with Gasteiger partial charge < -0.3 is 10.2 Å². The molecule has 1 aromatic rings. The van der Waals surface area contributed by atoms with Crippen molar-refractivity contribution in [2.75, 3.05) is 0 Å². The highest BCUT2D eigenvalue weighted by atomic mass is 16.2. The predicted molar refractivity (Wildman–Crippen MR) is 78.1 cm³/mol. The van der Waals surface area contributed by atoms with Crippen molar-refractivity contribution < 1.29 is 9.59 Å². The second kappa shape index (κ2) is 5.84. The Kier molecular flexibility index (Phi) is 3.90. The van der Waals surface area contributed by atoms with Crippen molar-refractivity contribution in [1.29, 1.82) is 0 Å². The molecule has 2 atom stereocenters. The third-order valence-corrected chi connectivity index (χ3v) is 4.28. The number of aromatic nitrogens is 1. The summed E-state index contributed by atoms with van der Waals surface area (Å²) in [5.41, 5.74) is 1.02. The van der Waals surface area contributed by atoms with Crippen LogP contribution in [-0.4, -0.2) is 33.8 Å². The Labute approximate surface area is 124 Å². The number of nitrogens with zero attached hydrogens (tertiary/aromatic N) is 2. The first-order valence-corrected chi connectivity index (χ1v) is 7.70. The largest absolute Gasteiger partial charge is 0.342 e. The van der Waals surface area contributed by atoms with E-state index in [1.165, 1.54) is 0 Å². The molecule has 0 bridgehead atoms. The zero-order chi connectivity index (χ0) is 14.8. The van der Waals surface area contributed by atoms with Crippen LogP contribution in [0.3, 0.4) is 0 Å². The summed E-state index contributed by atoms with van der Waals surface area (Å²) in [6, 6.07) is 3.14. The van der Waals surface area contributed by atoms with Crippen LogP contribution in [0, 0.1) is 5.92 Å². The highest BCUT2D eigenvalue weighted by molar-refractivity contribution is 5.97. The van der Waals surface area contributed by atoms with Crippen LogP contribution in [-0.2, 0) is 16.1 Å². The van der Waals surface area contributed by atoms with E-state index in [0.717, 1.165) is 24.8 Å². The van der Waals surface area contributed by atoms with Gasteiger partial charge in [0.25, 0.3) is 0 Å². The normalized spacial score (nSPS) is 25.9. The van der Waals surface area contributed by atoms with Gasteiger partial charge >= 0.3 is 0 Å². The molecule has 1 saturated carbocycles. The van der Waals surface area contributed by atoms with Gasteiger partial charge in [0.15, 0.2) is 0 Å². The molecule has 21 heavy (non-hydrogen) atoms. The lowest BCUT2D eigenvalue weighted by Crippen LogP contribution is -2.63. The standard InChI is InChI=1S/C16H21N3O2/c1-2-3-13-15(20)18-14(12-4-5-12)16(21)19(13)10-11-6-8-17-9-7-11/h6-9,12-14H,2-5,10H2,1H3,(H,18,20). The van der Waals surface area contributed by atoms with E-state index in [9.17, 15) is 9.59 Å². The monoisotopic (exact) mass is 287 g/mol. The fourth-order valence-corrected chi connectivity index (χ4v) is 2.97. The predicted octanol–water partition coefficient (Wildman–Crippen LogP) is 1.49. The van der Waals surface area contributed by atoms with Crippen LogP contribution < -0.4 is 5.32 Å². The van der Waals surface area contributed by atoms with Crippen LogP contribution in [0.15, 0.2) is 24.5 Å². The molecule has 2 fully saturated rings. The minimum atomic E-state index is -0.342. The molecule has 2 unspecified atom stereocenters. The first kappa shape index (κ1) is 14.0. The topological polar surface area (TPSA) is 62.3 Å². The zero-order valence-electron chi connectivity index (χ0n) is 12.3. The average Bonchev–Trinajstić information content (AvgIpc) is 3.32. The summed E-state index contributed by atoms with van der Waals surface area (Å²) in [6.45, 7) is 2.53. The third kappa shape index (κ3) is 2.91. The fourth-order valence-electron chi connectivity index (χ4n) is 2.97. The van der Waals surface area contributed by atoms with E-state index in [2.05, 4.69) is 10.3 Å². The zero-order valence-corrected chi connectivity index (χ0v) is 12.3. The van der Waals surface area contributed by atoms with Gasteiger partial charge in [-0.1, -0.05) is 13.3 Å². The van der Waals surface area contributed by atoms with Gasteiger partial charge in [-0.3, -0.25) is 14.6 Å². The van der Waals surface area contributed by atoms with Crippen molar-refractivity contribution in [3.63, 3.8) is 0 Å². The van der Waals surface area contributed by atoms with E-state index in [1.807, 2.05) is 19.1 Å². The molecule has 1 aromatic heterocycles. The lowest BCUT2D eigenvalue weighted by molar-refractivity contribution is -0.151. The van der Waals surface area contributed by atoms with Crippen LogP contribution in [0.1, 0.15) is 38.2 Å². The number of hydrogen-bond donors (Lipinski definition) is 1. The van der Waals surface area contributed by atoms with E-state index >= 15 is 0 Å². The summed E-state index contributed by atoms with van der Waals surface area (Å²) in [5.74, 6) is 0.415. The van der Waals surface area contributed by atoms with Crippen LogP contribution >= 0.6 is 0 Å². The van der Waals surface area contributed by atoms with Crippen molar-refractivity contribution in [2.24, 2.45) is 5.92 Å². The van der Waals surface area contributed by atoms with Crippen LogP contribution in [0.2, 0.25) is 0 Å². The summed E-state index contributed by atoms with van der Waals surface area (Å²) in [7, 11) is 0. The van der Waals surface area contributed by atoms with Gasteiger partial charge in [0.2, 0.25) is 11.8 Å². The van der Waals surface area contributed by atoms with Gasteiger partial charge in [-0.2, -0.15) is 0 Å². The SMILES string of the molecule is CCCC1C(=O)NC(C2CC2)C(=O)N1Cc1ccncc1. The van der Waals surface area contributed by atoms with Crippen LogP contribution in [0.25, 0.3) is 0 Å². The highest BCUT2D eigenvalue weighted by Gasteiger charge is 2.46. The number of pyridine rings is 1. The minimum Gasteiger partial charge on any atom is -0.342 e. The summed E-state index contributed by atoms with van der Waals surface area (Å²) in [5, 5.41) is 2.94. The summed E-state index contributed by atoms with van der Waals surface area (Å²) in [6.07, 6.45) is 7.11. The molecular weight excluding hydrogens is 266 g/mol. The summed E-state index contributed by atoms with van der Waals surface area (Å²) < 4.78 is 0. The molecule has 0 radical (unpaired) electrons. The highest BCUT2D eigenvalue weighted by Crippen LogP contribution is 2.35. The second-order valence-corrected chi connectivity index (χ2v) is 5.95. The van der Waals surface area contributed by atoms with Crippen molar-refractivity contribution in [3.8, 4) is 0 Å². The molecule has 2 heterocycles. The molecule has 1 aliphatic heterocycles. The quantitative estimate of drug-likeness (QED) is 0.892. The van der Waals surface area contributed by atoms with Gasteiger partial charge in [0.1, 0.15) is 12.1 Å². The number of hydrogen-bond acceptors (Lipinski definition) is 3. The number of piperazine rings is 1. The first-order chi connectivity index (χ1) is 10.2. The maximum Gasteiger partial charge on any atom is 0.246 e. The van der Waals surface area contributed by atoms with E-state index in [-0.39, 0.29) is 23.9 Å². The van der Waals surface area contributed by atoms with Crippen LogP contribution in [0.4, 0.5) is 0 Å².